The monoisotopic (exact) mass is 156 g/mol. The quantitative estimate of drug-likeness (QED) is 0.440. The third kappa shape index (κ3) is 3.18. The van der Waals surface area contributed by atoms with Crippen LogP contribution < -0.4 is 0 Å². The lowest BCUT2D eigenvalue weighted by atomic mass is 10.2. The number of esters is 1. The lowest BCUT2D eigenvalue weighted by Crippen LogP contribution is -2.21. The maximum absolute atomic E-state index is 10.4. The SMILES string of the molecule is CC(=O)OC[C@H]1C=CCCO1. The standard InChI is InChI=1S/C8H12O3/c1-7(9)11-6-8-4-2-3-5-10-8/h2,4,8H,3,5-6H2,1H3/t8-/m1/s1. The van der Waals surface area contributed by atoms with Gasteiger partial charge >= 0.3 is 5.97 Å². The molecule has 11 heavy (non-hydrogen) atoms. The van der Waals surface area contributed by atoms with E-state index in [4.69, 9.17) is 9.47 Å². The molecular formula is C8H12O3. The van der Waals surface area contributed by atoms with E-state index in [1.54, 1.807) is 0 Å². The highest BCUT2D eigenvalue weighted by atomic mass is 16.6. The second-order valence-electron chi connectivity index (χ2n) is 2.43. The number of hydrogen-bond donors (Lipinski definition) is 0. The molecule has 0 aliphatic carbocycles. The Morgan fingerprint density at radius 1 is 1.82 bits per heavy atom. The summed E-state index contributed by atoms with van der Waals surface area (Å²) in [6.45, 7) is 2.46. The molecule has 0 aromatic heterocycles. The van der Waals surface area contributed by atoms with E-state index in [1.807, 2.05) is 12.2 Å². The first-order chi connectivity index (χ1) is 5.29. The van der Waals surface area contributed by atoms with Crippen LogP contribution in [0.5, 0.6) is 0 Å². The fourth-order valence-corrected chi connectivity index (χ4v) is 0.894. The zero-order valence-corrected chi connectivity index (χ0v) is 6.58. The Labute approximate surface area is 66.0 Å². The van der Waals surface area contributed by atoms with Gasteiger partial charge in [-0.2, -0.15) is 0 Å². The molecule has 1 rings (SSSR count). The van der Waals surface area contributed by atoms with Gasteiger partial charge in [0.25, 0.3) is 0 Å². The lowest BCUT2D eigenvalue weighted by Gasteiger charge is -2.16. The summed E-state index contributed by atoms with van der Waals surface area (Å²) in [5.74, 6) is -0.257. The van der Waals surface area contributed by atoms with E-state index in [9.17, 15) is 4.79 Å². The Bertz CT molecular complexity index is 163. The predicted molar refractivity (Wildman–Crippen MR) is 40.1 cm³/mol. The average Bonchev–Trinajstić information content (AvgIpc) is 2.03. The van der Waals surface area contributed by atoms with Gasteiger partial charge in [0.15, 0.2) is 0 Å². The molecule has 0 fully saturated rings. The van der Waals surface area contributed by atoms with Crippen molar-refractivity contribution in [2.24, 2.45) is 0 Å². The molecule has 0 unspecified atom stereocenters. The Balaban J connectivity index is 2.20. The molecule has 0 bridgehead atoms. The highest BCUT2D eigenvalue weighted by Gasteiger charge is 2.09. The van der Waals surface area contributed by atoms with E-state index in [0.29, 0.717) is 6.61 Å². The van der Waals surface area contributed by atoms with E-state index in [2.05, 4.69) is 0 Å². The lowest BCUT2D eigenvalue weighted by molar-refractivity contribution is -0.144. The maximum Gasteiger partial charge on any atom is 0.302 e. The van der Waals surface area contributed by atoms with Crippen LogP contribution in [0.25, 0.3) is 0 Å². The molecule has 1 aliphatic rings. The molecule has 0 spiro atoms. The Morgan fingerprint density at radius 2 is 2.64 bits per heavy atom. The largest absolute Gasteiger partial charge is 0.463 e. The minimum absolute atomic E-state index is 0.0346. The van der Waals surface area contributed by atoms with Crippen molar-refractivity contribution in [1.29, 1.82) is 0 Å². The van der Waals surface area contributed by atoms with Gasteiger partial charge in [0, 0.05) is 6.92 Å². The van der Waals surface area contributed by atoms with Gasteiger partial charge in [0.05, 0.1) is 6.61 Å². The molecule has 1 heterocycles. The minimum Gasteiger partial charge on any atom is -0.463 e. The molecule has 0 radical (unpaired) electrons. The van der Waals surface area contributed by atoms with Gasteiger partial charge in [0.2, 0.25) is 0 Å². The van der Waals surface area contributed by atoms with Crippen LogP contribution in [0.4, 0.5) is 0 Å². The Morgan fingerprint density at radius 3 is 3.18 bits per heavy atom. The van der Waals surface area contributed by atoms with Crippen molar-refractivity contribution < 1.29 is 14.3 Å². The second kappa shape index (κ2) is 4.13. The number of ether oxygens (including phenoxy) is 2. The van der Waals surface area contributed by atoms with Crippen molar-refractivity contribution in [1.82, 2.24) is 0 Å². The molecule has 3 heteroatoms. The van der Waals surface area contributed by atoms with Crippen molar-refractivity contribution in [2.75, 3.05) is 13.2 Å². The molecule has 1 atom stereocenters. The fraction of sp³-hybridized carbons (Fsp3) is 0.625. The first kappa shape index (κ1) is 8.27. The highest BCUT2D eigenvalue weighted by Crippen LogP contribution is 2.04. The molecule has 1 aliphatic heterocycles. The Kier molecular flexibility index (Phi) is 3.11. The van der Waals surface area contributed by atoms with E-state index in [1.165, 1.54) is 6.92 Å². The summed E-state index contributed by atoms with van der Waals surface area (Å²) < 4.78 is 10.0. The van der Waals surface area contributed by atoms with Gasteiger partial charge < -0.3 is 9.47 Å². The van der Waals surface area contributed by atoms with Crippen LogP contribution in [0.1, 0.15) is 13.3 Å². The summed E-state index contributed by atoms with van der Waals surface area (Å²) in [6, 6.07) is 0. The minimum atomic E-state index is -0.257. The molecule has 0 aromatic carbocycles. The fourth-order valence-electron chi connectivity index (χ4n) is 0.894. The zero-order chi connectivity index (χ0) is 8.10. The molecule has 0 N–H and O–H groups in total. The summed E-state index contributed by atoms with van der Waals surface area (Å²) in [7, 11) is 0. The van der Waals surface area contributed by atoms with Crippen LogP contribution in [-0.2, 0) is 14.3 Å². The average molecular weight is 156 g/mol. The third-order valence-electron chi connectivity index (χ3n) is 1.42. The summed E-state index contributed by atoms with van der Waals surface area (Å²) in [4.78, 5) is 10.4. The van der Waals surface area contributed by atoms with Gasteiger partial charge in [0.1, 0.15) is 12.7 Å². The van der Waals surface area contributed by atoms with E-state index < -0.39 is 0 Å². The zero-order valence-electron chi connectivity index (χ0n) is 6.58. The Hall–Kier alpha value is -0.830. The van der Waals surface area contributed by atoms with Crippen LogP contribution in [0.2, 0.25) is 0 Å². The number of carbonyl (C=O) groups is 1. The maximum atomic E-state index is 10.4. The van der Waals surface area contributed by atoms with Gasteiger partial charge in [-0.1, -0.05) is 12.2 Å². The van der Waals surface area contributed by atoms with E-state index >= 15 is 0 Å². The van der Waals surface area contributed by atoms with Gasteiger partial charge in [-0.25, -0.2) is 0 Å². The van der Waals surface area contributed by atoms with Crippen molar-refractivity contribution >= 4 is 5.97 Å². The van der Waals surface area contributed by atoms with Gasteiger partial charge in [-0.05, 0) is 6.42 Å². The summed E-state index contributed by atoms with van der Waals surface area (Å²) >= 11 is 0. The van der Waals surface area contributed by atoms with Crippen LogP contribution >= 0.6 is 0 Å². The van der Waals surface area contributed by atoms with Crippen molar-refractivity contribution in [3.63, 3.8) is 0 Å². The number of carbonyl (C=O) groups excluding carboxylic acids is 1. The van der Waals surface area contributed by atoms with Crippen molar-refractivity contribution in [3.05, 3.63) is 12.2 Å². The molecule has 0 saturated carbocycles. The van der Waals surface area contributed by atoms with Crippen molar-refractivity contribution in [2.45, 2.75) is 19.4 Å². The third-order valence-corrected chi connectivity index (χ3v) is 1.42. The molecule has 0 aromatic rings. The van der Waals surface area contributed by atoms with Crippen LogP contribution in [0, 0.1) is 0 Å². The van der Waals surface area contributed by atoms with Crippen LogP contribution in [0.3, 0.4) is 0 Å². The summed E-state index contributed by atoms with van der Waals surface area (Å²) in [5, 5.41) is 0. The number of rotatable bonds is 2. The molecule has 62 valence electrons. The topological polar surface area (TPSA) is 35.5 Å². The molecule has 0 saturated heterocycles. The molecular weight excluding hydrogens is 144 g/mol. The van der Waals surface area contributed by atoms with Crippen LogP contribution in [-0.4, -0.2) is 25.3 Å². The van der Waals surface area contributed by atoms with Crippen LogP contribution in [0.15, 0.2) is 12.2 Å². The number of hydrogen-bond acceptors (Lipinski definition) is 3. The second-order valence-corrected chi connectivity index (χ2v) is 2.43. The predicted octanol–water partition coefficient (Wildman–Crippen LogP) is 0.895. The van der Waals surface area contributed by atoms with Gasteiger partial charge in [-0.15, -0.1) is 0 Å². The van der Waals surface area contributed by atoms with Crippen molar-refractivity contribution in [3.8, 4) is 0 Å². The normalized spacial score (nSPS) is 23.2. The smallest absolute Gasteiger partial charge is 0.302 e. The summed E-state index contributed by atoms with van der Waals surface area (Å²) in [6.07, 6.45) is 4.88. The van der Waals surface area contributed by atoms with E-state index in [0.717, 1.165) is 13.0 Å². The molecule has 3 nitrogen and oxygen atoms in total. The van der Waals surface area contributed by atoms with E-state index in [-0.39, 0.29) is 12.1 Å². The van der Waals surface area contributed by atoms with Gasteiger partial charge in [-0.3, -0.25) is 4.79 Å². The highest BCUT2D eigenvalue weighted by molar-refractivity contribution is 5.65. The first-order valence-electron chi connectivity index (χ1n) is 3.70. The first-order valence-corrected chi connectivity index (χ1v) is 3.70. The summed E-state index contributed by atoms with van der Waals surface area (Å²) in [5.41, 5.74) is 0. The molecule has 0 amide bonds.